The van der Waals surface area contributed by atoms with E-state index in [1.165, 1.54) is 0 Å². The van der Waals surface area contributed by atoms with E-state index in [1.807, 2.05) is 11.8 Å². The second-order valence-corrected chi connectivity index (χ2v) is 5.89. The number of rotatable bonds is 3. The van der Waals surface area contributed by atoms with E-state index in [1.54, 1.807) is 0 Å². The summed E-state index contributed by atoms with van der Waals surface area (Å²) in [5, 5.41) is 14.3. The molecule has 2 heterocycles. The van der Waals surface area contributed by atoms with E-state index in [-0.39, 0.29) is 0 Å². The molecule has 0 saturated carbocycles. The Morgan fingerprint density at radius 1 is 1.27 bits per heavy atom. The van der Waals surface area contributed by atoms with Gasteiger partial charge in [0, 0.05) is 24.2 Å². The lowest BCUT2D eigenvalue weighted by Crippen LogP contribution is -2.44. The SMILES string of the molecule is OC1(CSC2CCOCC2)CCNCC1. The first-order valence-electron chi connectivity index (χ1n) is 5.91. The van der Waals surface area contributed by atoms with Crippen molar-refractivity contribution in [1.29, 1.82) is 0 Å². The Balaban J connectivity index is 1.70. The molecule has 0 unspecified atom stereocenters. The third-order valence-corrected chi connectivity index (χ3v) is 4.94. The van der Waals surface area contributed by atoms with Crippen molar-refractivity contribution < 1.29 is 9.84 Å². The maximum Gasteiger partial charge on any atom is 0.0762 e. The van der Waals surface area contributed by atoms with Gasteiger partial charge < -0.3 is 15.2 Å². The second kappa shape index (κ2) is 5.53. The van der Waals surface area contributed by atoms with Gasteiger partial charge in [0.15, 0.2) is 0 Å². The van der Waals surface area contributed by atoms with Gasteiger partial charge in [-0.3, -0.25) is 0 Å². The van der Waals surface area contributed by atoms with Crippen LogP contribution in [0.15, 0.2) is 0 Å². The highest BCUT2D eigenvalue weighted by atomic mass is 32.2. The van der Waals surface area contributed by atoms with Crippen molar-refractivity contribution >= 4 is 11.8 Å². The topological polar surface area (TPSA) is 41.5 Å². The first kappa shape index (κ1) is 11.7. The first-order chi connectivity index (χ1) is 7.29. The number of hydrogen-bond donors (Lipinski definition) is 2. The van der Waals surface area contributed by atoms with Crippen molar-refractivity contribution in [2.75, 3.05) is 32.1 Å². The maximum absolute atomic E-state index is 10.3. The predicted molar refractivity (Wildman–Crippen MR) is 63.4 cm³/mol. The van der Waals surface area contributed by atoms with E-state index in [4.69, 9.17) is 4.74 Å². The molecule has 0 atom stereocenters. The monoisotopic (exact) mass is 231 g/mol. The fourth-order valence-corrected chi connectivity index (χ4v) is 3.51. The number of nitrogens with one attached hydrogen (secondary N) is 1. The normalized spacial score (nSPS) is 27.8. The summed E-state index contributed by atoms with van der Waals surface area (Å²) in [4.78, 5) is 0. The summed E-state index contributed by atoms with van der Waals surface area (Å²) in [5.74, 6) is 0.902. The number of thioether (sulfide) groups is 1. The van der Waals surface area contributed by atoms with E-state index < -0.39 is 5.60 Å². The third kappa shape index (κ3) is 3.63. The van der Waals surface area contributed by atoms with Crippen LogP contribution in [0.1, 0.15) is 25.7 Å². The quantitative estimate of drug-likeness (QED) is 0.761. The Morgan fingerprint density at radius 2 is 1.93 bits per heavy atom. The van der Waals surface area contributed by atoms with Crippen molar-refractivity contribution in [3.8, 4) is 0 Å². The number of ether oxygens (including phenoxy) is 1. The van der Waals surface area contributed by atoms with E-state index in [2.05, 4.69) is 5.32 Å². The molecule has 2 N–H and O–H groups in total. The summed E-state index contributed by atoms with van der Waals surface area (Å²) in [7, 11) is 0. The molecule has 0 aliphatic carbocycles. The van der Waals surface area contributed by atoms with Crippen LogP contribution in [-0.2, 0) is 4.74 Å². The Morgan fingerprint density at radius 3 is 2.60 bits per heavy atom. The molecular formula is C11H21NO2S. The summed E-state index contributed by atoms with van der Waals surface area (Å²) in [6.45, 7) is 3.73. The minimum Gasteiger partial charge on any atom is -0.389 e. The molecular weight excluding hydrogens is 210 g/mol. The van der Waals surface area contributed by atoms with Crippen LogP contribution in [0.4, 0.5) is 0 Å². The lowest BCUT2D eigenvalue weighted by molar-refractivity contribution is 0.0335. The van der Waals surface area contributed by atoms with Crippen molar-refractivity contribution in [3.05, 3.63) is 0 Å². The van der Waals surface area contributed by atoms with E-state index in [0.717, 1.165) is 57.7 Å². The summed E-state index contributed by atoms with van der Waals surface area (Å²) < 4.78 is 5.33. The molecule has 15 heavy (non-hydrogen) atoms. The molecule has 0 bridgehead atoms. The molecule has 0 aromatic rings. The van der Waals surface area contributed by atoms with Gasteiger partial charge in [0.1, 0.15) is 0 Å². The molecule has 2 aliphatic rings. The summed E-state index contributed by atoms with van der Waals surface area (Å²) >= 11 is 1.94. The van der Waals surface area contributed by atoms with Gasteiger partial charge in [-0.25, -0.2) is 0 Å². The first-order valence-corrected chi connectivity index (χ1v) is 6.96. The summed E-state index contributed by atoms with van der Waals surface area (Å²) in [6, 6.07) is 0. The largest absolute Gasteiger partial charge is 0.389 e. The van der Waals surface area contributed by atoms with E-state index in [0.29, 0.717) is 5.25 Å². The van der Waals surface area contributed by atoms with Crippen LogP contribution < -0.4 is 5.32 Å². The third-order valence-electron chi connectivity index (χ3n) is 3.29. The lowest BCUT2D eigenvalue weighted by atomic mass is 9.95. The minimum absolute atomic E-state index is 0.409. The van der Waals surface area contributed by atoms with Crippen LogP contribution in [0, 0.1) is 0 Å². The molecule has 4 heteroatoms. The molecule has 88 valence electrons. The van der Waals surface area contributed by atoms with Gasteiger partial charge in [-0.05, 0) is 38.8 Å². The molecule has 0 spiro atoms. The smallest absolute Gasteiger partial charge is 0.0762 e. The summed E-state index contributed by atoms with van der Waals surface area (Å²) in [5.41, 5.74) is -0.409. The van der Waals surface area contributed by atoms with Crippen LogP contribution in [0.3, 0.4) is 0 Å². The Labute approximate surface area is 96.0 Å². The molecule has 0 aromatic heterocycles. The molecule has 0 aromatic carbocycles. The van der Waals surface area contributed by atoms with Crippen molar-refractivity contribution in [2.24, 2.45) is 0 Å². The highest BCUT2D eigenvalue weighted by molar-refractivity contribution is 7.99. The predicted octanol–water partition coefficient (Wildman–Crippen LogP) is 1.01. The zero-order valence-corrected chi connectivity index (χ0v) is 10.0. The Kier molecular flexibility index (Phi) is 4.31. The number of aliphatic hydroxyl groups is 1. The molecule has 2 rings (SSSR count). The second-order valence-electron chi connectivity index (χ2n) is 4.60. The molecule has 3 nitrogen and oxygen atoms in total. The minimum atomic E-state index is -0.409. The van der Waals surface area contributed by atoms with Crippen LogP contribution in [0.5, 0.6) is 0 Å². The van der Waals surface area contributed by atoms with Crippen molar-refractivity contribution in [2.45, 2.75) is 36.5 Å². The van der Waals surface area contributed by atoms with Crippen LogP contribution >= 0.6 is 11.8 Å². The van der Waals surface area contributed by atoms with Crippen LogP contribution in [-0.4, -0.2) is 48.0 Å². The van der Waals surface area contributed by atoms with Gasteiger partial charge in [-0.1, -0.05) is 0 Å². The average Bonchev–Trinajstić information content (AvgIpc) is 2.29. The molecule has 0 radical (unpaired) electrons. The standard InChI is InChI=1S/C11H21NO2S/c13-11(3-5-12-6-4-11)9-15-10-1-7-14-8-2-10/h10,12-13H,1-9H2. The van der Waals surface area contributed by atoms with E-state index in [9.17, 15) is 5.11 Å². The molecule has 2 fully saturated rings. The van der Waals surface area contributed by atoms with Gasteiger partial charge in [0.05, 0.1) is 5.60 Å². The van der Waals surface area contributed by atoms with Gasteiger partial charge in [0.2, 0.25) is 0 Å². The van der Waals surface area contributed by atoms with Gasteiger partial charge in [0.25, 0.3) is 0 Å². The van der Waals surface area contributed by atoms with E-state index >= 15 is 0 Å². The van der Waals surface area contributed by atoms with Gasteiger partial charge in [-0.2, -0.15) is 11.8 Å². The summed E-state index contributed by atoms with van der Waals surface area (Å²) in [6.07, 6.45) is 4.12. The Bertz CT molecular complexity index is 189. The van der Waals surface area contributed by atoms with Crippen LogP contribution in [0.25, 0.3) is 0 Å². The van der Waals surface area contributed by atoms with Crippen molar-refractivity contribution in [1.82, 2.24) is 5.32 Å². The number of hydrogen-bond acceptors (Lipinski definition) is 4. The molecule has 0 amide bonds. The Hall–Kier alpha value is 0.230. The zero-order valence-electron chi connectivity index (χ0n) is 9.21. The van der Waals surface area contributed by atoms with Gasteiger partial charge in [-0.15, -0.1) is 0 Å². The van der Waals surface area contributed by atoms with Crippen LogP contribution in [0.2, 0.25) is 0 Å². The fourth-order valence-electron chi connectivity index (χ4n) is 2.15. The van der Waals surface area contributed by atoms with Crippen molar-refractivity contribution in [3.63, 3.8) is 0 Å². The maximum atomic E-state index is 10.3. The number of piperidine rings is 1. The highest BCUT2D eigenvalue weighted by Crippen LogP contribution is 2.29. The lowest BCUT2D eigenvalue weighted by Gasteiger charge is -2.34. The van der Waals surface area contributed by atoms with Gasteiger partial charge >= 0.3 is 0 Å². The molecule has 2 aliphatic heterocycles. The fraction of sp³-hybridized carbons (Fsp3) is 1.00. The average molecular weight is 231 g/mol. The highest BCUT2D eigenvalue weighted by Gasteiger charge is 2.30. The molecule has 2 saturated heterocycles. The zero-order chi connectivity index (χ0) is 10.6.